The Labute approximate surface area is 209 Å². The average molecular weight is 483 g/mol. The van der Waals surface area contributed by atoms with Gasteiger partial charge in [0.15, 0.2) is 17.4 Å². The predicted octanol–water partition coefficient (Wildman–Crippen LogP) is 8.33. The van der Waals surface area contributed by atoms with E-state index < -0.39 is 11.6 Å². The smallest absolute Gasteiger partial charge is 0.201 e. The molecule has 3 nitrogen and oxygen atoms in total. The standard InChI is InChI=1S/C30H40F2N2O/c1-3-18-35-27-17-16-26(28(31)29(27)32)30-33-19-23(20-34-30)7-5-4-6-22-10-14-25(15-11-22)24-12-8-21(2)9-13-24/h4,6,16-17,19-22,24-25H,3,5,7-15,18H2,1-2H3/b6-4+. The van der Waals surface area contributed by atoms with Gasteiger partial charge in [-0.15, -0.1) is 0 Å². The van der Waals surface area contributed by atoms with E-state index in [0.717, 1.165) is 48.5 Å². The fraction of sp³-hybridized carbons (Fsp3) is 0.600. The number of rotatable bonds is 9. The molecule has 1 aromatic carbocycles. The molecule has 190 valence electrons. The second-order valence-electron chi connectivity index (χ2n) is 10.7. The molecule has 4 rings (SSSR count). The van der Waals surface area contributed by atoms with Crippen molar-refractivity contribution in [1.82, 2.24) is 9.97 Å². The molecule has 5 heteroatoms. The van der Waals surface area contributed by atoms with Crippen molar-refractivity contribution in [3.05, 3.63) is 53.9 Å². The van der Waals surface area contributed by atoms with Crippen LogP contribution in [-0.2, 0) is 6.42 Å². The molecule has 0 bridgehead atoms. The van der Waals surface area contributed by atoms with Crippen molar-refractivity contribution in [3.63, 3.8) is 0 Å². The van der Waals surface area contributed by atoms with Crippen molar-refractivity contribution in [1.29, 1.82) is 0 Å². The summed E-state index contributed by atoms with van der Waals surface area (Å²) in [5.74, 6) is 1.75. The Morgan fingerprint density at radius 2 is 1.57 bits per heavy atom. The van der Waals surface area contributed by atoms with Crippen LogP contribution in [0.15, 0.2) is 36.7 Å². The Balaban J connectivity index is 1.22. The molecule has 0 spiro atoms. The van der Waals surface area contributed by atoms with E-state index in [1.807, 2.05) is 6.92 Å². The Bertz CT molecular complexity index is 959. The lowest BCUT2D eigenvalue weighted by Crippen LogP contribution is -2.24. The summed E-state index contributed by atoms with van der Waals surface area (Å²) in [4.78, 5) is 8.57. The van der Waals surface area contributed by atoms with Crippen LogP contribution in [0.25, 0.3) is 11.4 Å². The number of nitrogens with zero attached hydrogens (tertiary/aromatic N) is 2. The van der Waals surface area contributed by atoms with Crippen molar-refractivity contribution < 1.29 is 13.5 Å². The maximum atomic E-state index is 14.5. The summed E-state index contributed by atoms with van der Waals surface area (Å²) in [6.07, 6.45) is 21.9. The molecule has 2 saturated carbocycles. The maximum absolute atomic E-state index is 14.5. The van der Waals surface area contributed by atoms with Crippen LogP contribution in [0.3, 0.4) is 0 Å². The first-order valence-electron chi connectivity index (χ1n) is 13.6. The van der Waals surface area contributed by atoms with Gasteiger partial charge in [-0.05, 0) is 99.2 Å². The highest BCUT2D eigenvalue weighted by Crippen LogP contribution is 2.41. The van der Waals surface area contributed by atoms with Gasteiger partial charge in [0.2, 0.25) is 5.82 Å². The Morgan fingerprint density at radius 1 is 0.914 bits per heavy atom. The molecule has 0 saturated heterocycles. The van der Waals surface area contributed by atoms with Gasteiger partial charge in [0, 0.05) is 12.4 Å². The van der Waals surface area contributed by atoms with Crippen LogP contribution in [0.5, 0.6) is 5.75 Å². The van der Waals surface area contributed by atoms with E-state index in [1.54, 1.807) is 12.4 Å². The molecule has 35 heavy (non-hydrogen) atoms. The minimum atomic E-state index is -0.990. The molecule has 0 N–H and O–H groups in total. The predicted molar refractivity (Wildman–Crippen MR) is 137 cm³/mol. The fourth-order valence-electron chi connectivity index (χ4n) is 5.76. The maximum Gasteiger partial charge on any atom is 0.201 e. The van der Waals surface area contributed by atoms with E-state index in [1.165, 1.54) is 63.5 Å². The zero-order chi connectivity index (χ0) is 24.6. The lowest BCUT2D eigenvalue weighted by atomic mass is 9.69. The van der Waals surface area contributed by atoms with Crippen molar-refractivity contribution in [2.45, 2.75) is 84.5 Å². The first kappa shape index (κ1) is 25.8. The first-order chi connectivity index (χ1) is 17.0. The number of aryl methyl sites for hydroxylation is 1. The normalized spacial score (nSPS) is 25.1. The third-order valence-corrected chi connectivity index (χ3v) is 8.01. The van der Waals surface area contributed by atoms with Crippen LogP contribution in [0.4, 0.5) is 8.78 Å². The SMILES string of the molecule is CCCOc1ccc(-c2ncc(CC/C=C/C3CCC(C4CCC(C)CC4)CC3)cn2)c(F)c1F. The van der Waals surface area contributed by atoms with E-state index in [4.69, 9.17) is 4.74 Å². The second kappa shape index (κ2) is 12.6. The summed E-state index contributed by atoms with van der Waals surface area (Å²) in [5, 5.41) is 0. The van der Waals surface area contributed by atoms with E-state index in [2.05, 4.69) is 29.0 Å². The number of aromatic nitrogens is 2. The van der Waals surface area contributed by atoms with Gasteiger partial charge in [-0.1, -0.05) is 38.8 Å². The molecule has 2 fully saturated rings. The largest absolute Gasteiger partial charge is 0.490 e. The van der Waals surface area contributed by atoms with Gasteiger partial charge < -0.3 is 4.74 Å². The van der Waals surface area contributed by atoms with E-state index in [9.17, 15) is 8.78 Å². The lowest BCUT2D eigenvalue weighted by molar-refractivity contribution is 0.160. The first-order valence-corrected chi connectivity index (χ1v) is 13.6. The van der Waals surface area contributed by atoms with Crippen LogP contribution in [0.2, 0.25) is 0 Å². The van der Waals surface area contributed by atoms with Gasteiger partial charge in [-0.2, -0.15) is 4.39 Å². The number of benzene rings is 1. The molecule has 2 aliphatic carbocycles. The van der Waals surface area contributed by atoms with Gasteiger partial charge in [-0.3, -0.25) is 0 Å². The molecule has 2 aliphatic rings. The second-order valence-corrected chi connectivity index (χ2v) is 10.7. The average Bonchev–Trinajstić information content (AvgIpc) is 2.89. The van der Waals surface area contributed by atoms with Gasteiger partial charge in [-0.25, -0.2) is 14.4 Å². The number of ether oxygens (including phenoxy) is 1. The van der Waals surface area contributed by atoms with E-state index in [0.29, 0.717) is 6.61 Å². The number of halogens is 2. The summed E-state index contributed by atoms with van der Waals surface area (Å²) >= 11 is 0. The highest BCUT2D eigenvalue weighted by molar-refractivity contribution is 5.57. The highest BCUT2D eigenvalue weighted by atomic mass is 19.2. The number of hydrogen-bond acceptors (Lipinski definition) is 3. The van der Waals surface area contributed by atoms with Crippen molar-refractivity contribution in [2.24, 2.45) is 23.7 Å². The summed E-state index contributed by atoms with van der Waals surface area (Å²) in [6, 6.07) is 2.92. The summed E-state index contributed by atoms with van der Waals surface area (Å²) in [5.41, 5.74) is 1.05. The van der Waals surface area contributed by atoms with Crippen LogP contribution < -0.4 is 4.74 Å². The van der Waals surface area contributed by atoms with Gasteiger partial charge in [0.05, 0.1) is 12.2 Å². The molecule has 0 atom stereocenters. The molecule has 0 amide bonds. The molecular formula is C30H40F2N2O. The monoisotopic (exact) mass is 482 g/mol. The summed E-state index contributed by atoms with van der Waals surface area (Å²) in [6.45, 7) is 4.66. The molecular weight excluding hydrogens is 442 g/mol. The molecule has 2 aromatic rings. The zero-order valence-electron chi connectivity index (χ0n) is 21.3. The van der Waals surface area contributed by atoms with Crippen LogP contribution in [-0.4, -0.2) is 16.6 Å². The molecule has 0 radical (unpaired) electrons. The molecule has 0 aliphatic heterocycles. The Kier molecular flexibility index (Phi) is 9.28. The van der Waals surface area contributed by atoms with Crippen LogP contribution in [0, 0.1) is 35.3 Å². The summed E-state index contributed by atoms with van der Waals surface area (Å²) in [7, 11) is 0. The summed E-state index contributed by atoms with van der Waals surface area (Å²) < 4.78 is 34.0. The Morgan fingerprint density at radius 3 is 2.23 bits per heavy atom. The lowest BCUT2D eigenvalue weighted by Gasteiger charge is -2.36. The topological polar surface area (TPSA) is 35.0 Å². The highest BCUT2D eigenvalue weighted by Gasteiger charge is 2.29. The van der Waals surface area contributed by atoms with Crippen molar-refractivity contribution >= 4 is 0 Å². The van der Waals surface area contributed by atoms with E-state index in [-0.39, 0.29) is 17.1 Å². The van der Waals surface area contributed by atoms with Gasteiger partial charge in [0.25, 0.3) is 0 Å². The molecule has 1 heterocycles. The number of allylic oxidation sites excluding steroid dienone is 2. The van der Waals surface area contributed by atoms with Crippen LogP contribution in [0.1, 0.15) is 83.6 Å². The third-order valence-electron chi connectivity index (χ3n) is 8.01. The quantitative estimate of drug-likeness (QED) is 0.337. The molecule has 1 aromatic heterocycles. The van der Waals surface area contributed by atoms with Crippen molar-refractivity contribution in [2.75, 3.05) is 6.61 Å². The van der Waals surface area contributed by atoms with E-state index >= 15 is 0 Å². The zero-order valence-corrected chi connectivity index (χ0v) is 21.3. The van der Waals surface area contributed by atoms with Crippen LogP contribution >= 0.6 is 0 Å². The Hall–Kier alpha value is -2.30. The minimum Gasteiger partial charge on any atom is -0.490 e. The minimum absolute atomic E-state index is 0.0520. The van der Waals surface area contributed by atoms with Crippen molar-refractivity contribution in [3.8, 4) is 17.1 Å². The number of hydrogen-bond donors (Lipinski definition) is 0. The van der Waals surface area contributed by atoms with Gasteiger partial charge >= 0.3 is 0 Å². The molecule has 0 unspecified atom stereocenters. The fourth-order valence-corrected chi connectivity index (χ4v) is 5.76. The van der Waals surface area contributed by atoms with Gasteiger partial charge in [0.1, 0.15) is 0 Å². The third kappa shape index (κ3) is 6.89.